The van der Waals surface area contributed by atoms with Crippen molar-refractivity contribution in [1.29, 1.82) is 0 Å². The zero-order valence-corrected chi connectivity index (χ0v) is 19.8. The van der Waals surface area contributed by atoms with Gasteiger partial charge in [-0.2, -0.15) is 4.31 Å². The molecule has 1 saturated heterocycles. The summed E-state index contributed by atoms with van der Waals surface area (Å²) in [6.07, 6.45) is 5.82. The maximum absolute atomic E-state index is 13.1. The number of nitrogens with one attached hydrogen (secondary N) is 2. The van der Waals surface area contributed by atoms with Crippen molar-refractivity contribution in [1.82, 2.24) is 19.2 Å². The fourth-order valence-electron chi connectivity index (χ4n) is 4.15. The Labute approximate surface area is 205 Å². The predicted octanol–water partition coefficient (Wildman–Crippen LogP) is 0.940. The van der Waals surface area contributed by atoms with Gasteiger partial charge >= 0.3 is 5.91 Å². The Bertz CT molecular complexity index is 1490. The van der Waals surface area contributed by atoms with Crippen molar-refractivity contribution in [3.63, 3.8) is 0 Å². The van der Waals surface area contributed by atoms with Gasteiger partial charge in [0.1, 0.15) is 16.3 Å². The number of hydroxylamine groups is 2. The number of hydrogen-bond donors (Lipinski definition) is 2. The van der Waals surface area contributed by atoms with Crippen LogP contribution in [0, 0.1) is 5.21 Å². The van der Waals surface area contributed by atoms with Gasteiger partial charge in [-0.3, -0.25) is 14.8 Å². The highest BCUT2D eigenvalue weighted by Gasteiger charge is 2.36. The molecule has 2 N–H and O–H groups in total. The molecule has 2 aromatic heterocycles. The molecule has 10 nitrogen and oxygen atoms in total. The molecule has 1 aromatic carbocycles. The van der Waals surface area contributed by atoms with Crippen LogP contribution in [-0.2, 0) is 19.6 Å². The van der Waals surface area contributed by atoms with Crippen LogP contribution < -0.4 is 5.06 Å². The normalized spacial score (nSPS) is 19.5. The smallest absolute Gasteiger partial charge is 0.354 e. The second-order valence-electron chi connectivity index (χ2n) is 8.12. The number of hydrogen-bond acceptors (Lipinski definition) is 6. The Morgan fingerprint density at radius 2 is 1.77 bits per heavy atom. The molecule has 0 saturated carbocycles. The van der Waals surface area contributed by atoms with E-state index in [1.54, 1.807) is 30.3 Å². The van der Waals surface area contributed by atoms with E-state index in [0.29, 0.717) is 21.5 Å². The van der Waals surface area contributed by atoms with E-state index in [0.717, 1.165) is 0 Å². The molecule has 3 aromatic rings. The molecule has 1 unspecified atom stereocenters. The molecule has 2 aliphatic rings. The number of carbonyl (C=O) groups is 2. The molecule has 5 rings (SSSR count). The molecule has 0 spiro atoms. The third kappa shape index (κ3) is 4.28. The minimum Gasteiger partial charge on any atom is -0.621 e. The van der Waals surface area contributed by atoms with Gasteiger partial charge in [0.2, 0.25) is 0 Å². The monoisotopic (exact) mass is 513 g/mol. The highest BCUT2D eigenvalue weighted by Crippen LogP contribution is 2.25. The Hall–Kier alpha value is -3.35. The Kier molecular flexibility index (Phi) is 6.03. The summed E-state index contributed by atoms with van der Waals surface area (Å²) >= 11 is 5.99. The molecule has 180 valence electrons. The number of rotatable bonds is 4. The van der Waals surface area contributed by atoms with Gasteiger partial charge in [-0.1, -0.05) is 11.6 Å². The maximum atomic E-state index is 13.1. The minimum atomic E-state index is -3.82. The van der Waals surface area contributed by atoms with Crippen molar-refractivity contribution in [2.45, 2.75) is 5.03 Å². The third-order valence-electron chi connectivity index (χ3n) is 6.04. The number of carbonyl (C=O) groups excluding carboxylic acids is 2. The number of sulfonamides is 1. The number of piperazine rings is 1. The molecule has 1 fully saturated rings. The van der Waals surface area contributed by atoms with E-state index >= 15 is 0 Å². The molecule has 4 heterocycles. The standard InChI is InChI=1S/C23H20ClN5O5S/c24-17-1-3-19-16(13-17)14-21(26-19)35(33,34)28-11-9-27(10-12-28)22(30)18-2-4-20(29(32)23(18)31)15-5-7-25-8-6-15/h1-8,13-14,26,29H,9-12H2. The van der Waals surface area contributed by atoms with Crippen LogP contribution in [0.2, 0.25) is 5.02 Å². The van der Waals surface area contributed by atoms with E-state index in [4.69, 9.17) is 11.6 Å². The number of allylic oxidation sites excluding steroid dienone is 2. The molecule has 35 heavy (non-hydrogen) atoms. The molecule has 0 bridgehead atoms. The van der Waals surface area contributed by atoms with Crippen LogP contribution in [0.1, 0.15) is 5.56 Å². The lowest BCUT2D eigenvalue weighted by Gasteiger charge is -2.34. The van der Waals surface area contributed by atoms with Gasteiger partial charge in [-0.15, -0.1) is 0 Å². The summed E-state index contributed by atoms with van der Waals surface area (Å²) < 4.78 is 27.5. The number of fused-ring (bicyclic) bond motifs is 1. The number of amides is 2. The van der Waals surface area contributed by atoms with Crippen molar-refractivity contribution < 1.29 is 23.1 Å². The van der Waals surface area contributed by atoms with Crippen LogP contribution >= 0.6 is 11.6 Å². The van der Waals surface area contributed by atoms with Crippen LogP contribution in [0.15, 0.2) is 71.5 Å². The van der Waals surface area contributed by atoms with Gasteiger partial charge in [-0.05, 0) is 42.5 Å². The molecular weight excluding hydrogens is 494 g/mol. The molecule has 0 radical (unpaired) electrons. The number of H-pyrrole nitrogens is 1. The van der Waals surface area contributed by atoms with Crippen LogP contribution in [0.3, 0.4) is 0 Å². The first-order chi connectivity index (χ1) is 16.8. The first-order valence-electron chi connectivity index (χ1n) is 10.7. The quantitative estimate of drug-likeness (QED) is 0.394. The number of benzene rings is 1. The molecule has 0 aliphatic carbocycles. The number of pyridine rings is 1. The number of nitrogens with zero attached hydrogens (tertiary/aromatic N) is 3. The van der Waals surface area contributed by atoms with E-state index in [1.165, 1.54) is 39.8 Å². The van der Waals surface area contributed by atoms with Crippen molar-refractivity contribution in [3.8, 4) is 0 Å². The van der Waals surface area contributed by atoms with Gasteiger partial charge in [0.05, 0.1) is 0 Å². The zero-order chi connectivity index (χ0) is 24.7. The predicted molar refractivity (Wildman–Crippen MR) is 128 cm³/mol. The summed E-state index contributed by atoms with van der Waals surface area (Å²) in [5, 5.41) is 13.1. The van der Waals surface area contributed by atoms with Crippen LogP contribution in [-0.4, -0.2) is 65.6 Å². The van der Waals surface area contributed by atoms with Crippen LogP contribution in [0.4, 0.5) is 0 Å². The number of aromatic nitrogens is 2. The highest BCUT2D eigenvalue weighted by atomic mass is 35.5. The van der Waals surface area contributed by atoms with E-state index in [9.17, 15) is 23.2 Å². The van der Waals surface area contributed by atoms with Gasteiger partial charge in [0, 0.05) is 66.1 Å². The maximum Gasteiger partial charge on any atom is 0.354 e. The SMILES string of the molecule is O=C(C1=CC=C(c2ccncc2)[NH+]([O-])C1=O)N1CCN(S(=O)(=O)c2cc3cc(Cl)ccc3[nH]2)CC1. The fraction of sp³-hybridized carbons (Fsp3) is 0.174. The van der Waals surface area contributed by atoms with Crippen LogP contribution in [0.5, 0.6) is 0 Å². The summed E-state index contributed by atoms with van der Waals surface area (Å²) in [6, 6.07) is 9.80. The lowest BCUT2D eigenvalue weighted by Crippen LogP contribution is -3.08. The van der Waals surface area contributed by atoms with Crippen LogP contribution in [0.25, 0.3) is 16.6 Å². The number of aromatic amines is 1. The third-order valence-corrected chi connectivity index (χ3v) is 8.09. The average molecular weight is 514 g/mol. The zero-order valence-electron chi connectivity index (χ0n) is 18.3. The van der Waals surface area contributed by atoms with Crippen molar-refractivity contribution in [3.05, 3.63) is 82.3 Å². The first kappa shape index (κ1) is 23.4. The van der Waals surface area contributed by atoms with E-state index < -0.39 is 26.9 Å². The summed E-state index contributed by atoms with van der Waals surface area (Å²) in [5.41, 5.74) is 1.16. The van der Waals surface area contributed by atoms with E-state index in [-0.39, 0.29) is 42.5 Å². The molecular formula is C23H20ClN5O5S. The van der Waals surface area contributed by atoms with Gasteiger partial charge in [0.15, 0.2) is 0 Å². The molecule has 2 aliphatic heterocycles. The van der Waals surface area contributed by atoms with E-state index in [2.05, 4.69) is 9.97 Å². The largest absolute Gasteiger partial charge is 0.621 e. The van der Waals surface area contributed by atoms with Gasteiger partial charge < -0.3 is 15.1 Å². The Balaban J connectivity index is 1.30. The minimum absolute atomic E-state index is 0.0408. The van der Waals surface area contributed by atoms with Crippen molar-refractivity contribution in [2.75, 3.05) is 26.2 Å². The molecule has 2 amide bonds. The lowest BCUT2D eigenvalue weighted by molar-refractivity contribution is -0.678. The molecule has 1 atom stereocenters. The van der Waals surface area contributed by atoms with Crippen molar-refractivity contribution in [2.24, 2.45) is 0 Å². The summed E-state index contributed by atoms with van der Waals surface area (Å²) in [6.45, 7) is 0.281. The summed E-state index contributed by atoms with van der Waals surface area (Å²) in [7, 11) is -3.82. The average Bonchev–Trinajstić information content (AvgIpc) is 3.30. The Morgan fingerprint density at radius 3 is 2.49 bits per heavy atom. The van der Waals surface area contributed by atoms with Gasteiger partial charge in [0.25, 0.3) is 15.9 Å². The Morgan fingerprint density at radius 1 is 1.06 bits per heavy atom. The molecule has 12 heteroatoms. The lowest BCUT2D eigenvalue weighted by atomic mass is 10.1. The second-order valence-corrected chi connectivity index (χ2v) is 10.5. The summed E-state index contributed by atoms with van der Waals surface area (Å²) in [5.74, 6) is -1.47. The number of halogens is 1. The van der Waals surface area contributed by atoms with Crippen molar-refractivity contribution >= 4 is 50.0 Å². The van der Waals surface area contributed by atoms with E-state index in [1.807, 2.05) is 0 Å². The second kappa shape index (κ2) is 9.02. The first-order valence-corrected chi connectivity index (χ1v) is 12.6. The van der Waals surface area contributed by atoms with Gasteiger partial charge in [-0.25, -0.2) is 13.2 Å². The summed E-state index contributed by atoms with van der Waals surface area (Å²) in [4.78, 5) is 33.8. The topological polar surface area (TPSA) is 131 Å². The number of quaternary nitrogens is 1. The highest BCUT2D eigenvalue weighted by molar-refractivity contribution is 7.89. The fourth-order valence-corrected chi connectivity index (χ4v) is 5.76.